The number of rotatable bonds is 11. The summed E-state index contributed by atoms with van der Waals surface area (Å²) >= 11 is 0. The molecule has 0 aliphatic heterocycles. The molecule has 4 aliphatic rings. The number of unbranched alkanes of at least 4 members (excludes halogenated alkanes) is 8. The lowest BCUT2D eigenvalue weighted by Crippen LogP contribution is -2.56. The van der Waals surface area contributed by atoms with E-state index in [4.69, 9.17) is 0 Å². The number of Topliss-reactive ketones (excluding diaryl/α,β-unsaturated/α-hetero) is 1. The first kappa shape index (κ1) is 26.4. The molecule has 0 aromatic carbocycles. The molecule has 4 aliphatic carbocycles. The zero-order valence-corrected chi connectivity index (χ0v) is 22.4. The van der Waals surface area contributed by atoms with Gasteiger partial charge in [-0.25, -0.2) is 0 Å². The van der Waals surface area contributed by atoms with Gasteiger partial charge in [0.2, 0.25) is 5.91 Å². The average Bonchev–Trinajstić information content (AvgIpc) is 3.13. The molecule has 4 rings (SSSR count). The van der Waals surface area contributed by atoms with Crippen LogP contribution in [0.2, 0.25) is 0 Å². The Morgan fingerprint density at radius 3 is 2.37 bits per heavy atom. The molecular weight excluding hydrogens is 434 g/mol. The van der Waals surface area contributed by atoms with Crippen molar-refractivity contribution < 1.29 is 14.4 Å². The minimum atomic E-state index is -0.209. The molecule has 0 unspecified atom stereocenters. The molecule has 3 saturated carbocycles. The zero-order valence-electron chi connectivity index (χ0n) is 22.4. The van der Waals surface area contributed by atoms with Gasteiger partial charge in [0, 0.05) is 23.7 Å². The maximum absolute atomic E-state index is 13.0. The Morgan fingerprint density at radius 2 is 1.66 bits per heavy atom. The van der Waals surface area contributed by atoms with Crippen LogP contribution in [0.3, 0.4) is 0 Å². The van der Waals surface area contributed by atoms with Crippen molar-refractivity contribution in [3.8, 4) is 0 Å². The van der Waals surface area contributed by atoms with Gasteiger partial charge in [-0.3, -0.25) is 14.4 Å². The number of carbonyl (C=O) groups excluding carboxylic acids is 3. The molecule has 6 atom stereocenters. The van der Waals surface area contributed by atoms with Crippen molar-refractivity contribution in [2.75, 3.05) is 0 Å². The summed E-state index contributed by atoms with van der Waals surface area (Å²) in [5, 5.41) is 3.35. The van der Waals surface area contributed by atoms with Crippen molar-refractivity contribution in [2.45, 2.75) is 123 Å². The molecule has 0 saturated heterocycles. The maximum Gasteiger partial charge on any atom is 0.220 e. The number of fused-ring (bicyclic) bond motifs is 5. The number of ketones is 2. The largest absolute Gasteiger partial charge is 0.350 e. The lowest BCUT2D eigenvalue weighted by atomic mass is 9.47. The molecule has 4 nitrogen and oxygen atoms in total. The number of carbonyl (C=O) groups is 3. The monoisotopic (exact) mass is 481 g/mol. The number of nitrogens with one attached hydrogen (secondary N) is 1. The molecule has 0 aromatic heterocycles. The second-order valence-corrected chi connectivity index (χ2v) is 12.3. The van der Waals surface area contributed by atoms with E-state index in [9.17, 15) is 14.4 Å². The molecule has 1 amide bonds. The van der Waals surface area contributed by atoms with Gasteiger partial charge in [0.25, 0.3) is 0 Å². The van der Waals surface area contributed by atoms with Crippen LogP contribution in [-0.4, -0.2) is 23.5 Å². The second kappa shape index (κ2) is 11.1. The lowest BCUT2D eigenvalue weighted by molar-refractivity contribution is -0.132. The highest BCUT2D eigenvalue weighted by Gasteiger charge is 2.60. The third kappa shape index (κ3) is 5.37. The van der Waals surface area contributed by atoms with Crippen LogP contribution in [0.4, 0.5) is 0 Å². The fourth-order valence-corrected chi connectivity index (χ4v) is 8.05. The van der Waals surface area contributed by atoms with Gasteiger partial charge in [0.15, 0.2) is 5.78 Å². The van der Waals surface area contributed by atoms with Crippen LogP contribution < -0.4 is 5.32 Å². The van der Waals surface area contributed by atoms with Gasteiger partial charge < -0.3 is 5.32 Å². The van der Waals surface area contributed by atoms with Crippen LogP contribution in [0, 0.1) is 28.6 Å². The highest BCUT2D eigenvalue weighted by Crippen LogP contribution is 2.63. The summed E-state index contributed by atoms with van der Waals surface area (Å²) in [6.45, 7) is 6.70. The predicted molar refractivity (Wildman–Crippen MR) is 141 cm³/mol. The number of allylic oxidation sites excluding steroid dienone is 3. The standard InChI is InChI=1S/C31H47NO3/c1-4-5-6-7-8-9-10-11-12-13-29(35)32-27-21-23-24-14-15-28(34)31(24,3)19-17-25(23)30(2)18-16-22(33)20-26(27)30/h16,18,20,23-25,27H,4-15,17,19,21H2,1-3H3,(H,32,35)/t23-,24-,25-,27-,30+,31-/m0/s1. The van der Waals surface area contributed by atoms with E-state index in [1.54, 1.807) is 12.2 Å². The summed E-state index contributed by atoms with van der Waals surface area (Å²) in [6, 6.07) is -0.0979. The highest BCUT2D eigenvalue weighted by atomic mass is 16.2. The van der Waals surface area contributed by atoms with E-state index in [2.05, 4.69) is 32.2 Å². The average molecular weight is 482 g/mol. The topological polar surface area (TPSA) is 63.2 Å². The fourth-order valence-electron chi connectivity index (χ4n) is 8.05. The third-order valence-corrected chi connectivity index (χ3v) is 10.2. The van der Waals surface area contributed by atoms with Gasteiger partial charge in [0.05, 0.1) is 6.04 Å². The zero-order chi connectivity index (χ0) is 25.1. The van der Waals surface area contributed by atoms with Crippen molar-refractivity contribution in [1.82, 2.24) is 5.32 Å². The van der Waals surface area contributed by atoms with E-state index in [-0.39, 0.29) is 28.6 Å². The Bertz CT molecular complexity index is 872. The molecule has 1 N–H and O–H groups in total. The van der Waals surface area contributed by atoms with Crippen LogP contribution in [0.15, 0.2) is 23.8 Å². The minimum absolute atomic E-state index is 0.0332. The van der Waals surface area contributed by atoms with Gasteiger partial charge in [-0.05, 0) is 67.6 Å². The van der Waals surface area contributed by atoms with Crippen molar-refractivity contribution in [3.05, 3.63) is 23.8 Å². The van der Waals surface area contributed by atoms with E-state index in [1.165, 1.54) is 44.9 Å². The summed E-state index contributed by atoms with van der Waals surface area (Å²) < 4.78 is 0. The molecule has 0 bridgehead atoms. The number of amides is 1. The molecule has 4 heteroatoms. The first-order valence-corrected chi connectivity index (χ1v) is 14.6. The molecule has 0 spiro atoms. The lowest BCUT2D eigenvalue weighted by Gasteiger charge is -2.57. The Labute approximate surface area is 212 Å². The normalized spacial score (nSPS) is 35.8. The predicted octanol–water partition coefficient (Wildman–Crippen LogP) is 6.88. The van der Waals surface area contributed by atoms with Crippen molar-refractivity contribution >= 4 is 17.5 Å². The van der Waals surface area contributed by atoms with Gasteiger partial charge in [0.1, 0.15) is 5.78 Å². The maximum atomic E-state index is 13.0. The van der Waals surface area contributed by atoms with E-state index in [0.717, 1.165) is 44.1 Å². The number of hydrogen-bond donors (Lipinski definition) is 1. The first-order chi connectivity index (χ1) is 16.8. The Balaban J connectivity index is 1.36. The Hall–Kier alpha value is -1.71. The molecule has 0 heterocycles. The summed E-state index contributed by atoms with van der Waals surface area (Å²) in [7, 11) is 0. The summed E-state index contributed by atoms with van der Waals surface area (Å²) in [5.41, 5.74) is 0.692. The Kier molecular flexibility index (Phi) is 8.38. The second-order valence-electron chi connectivity index (χ2n) is 12.3. The van der Waals surface area contributed by atoms with Crippen molar-refractivity contribution in [3.63, 3.8) is 0 Å². The molecule has 3 fully saturated rings. The third-order valence-electron chi connectivity index (χ3n) is 10.2. The van der Waals surface area contributed by atoms with Crippen LogP contribution >= 0.6 is 0 Å². The van der Waals surface area contributed by atoms with Crippen LogP contribution in [0.1, 0.15) is 117 Å². The fraction of sp³-hybridized carbons (Fsp3) is 0.774. The first-order valence-electron chi connectivity index (χ1n) is 14.6. The SMILES string of the molecule is CCCCCCCCCCCC(=O)N[C@H]1C[C@@H]2[C@H](CC[C@]3(C)C(=O)CC[C@@H]23)[C@@]2(C)C=CC(=O)C=C12. The summed E-state index contributed by atoms with van der Waals surface area (Å²) in [5.74, 6) is 1.84. The molecule has 194 valence electrons. The number of hydrogen-bond acceptors (Lipinski definition) is 3. The van der Waals surface area contributed by atoms with Crippen LogP contribution in [0.5, 0.6) is 0 Å². The van der Waals surface area contributed by atoms with E-state index in [0.29, 0.717) is 36.4 Å². The van der Waals surface area contributed by atoms with Gasteiger partial charge in [-0.15, -0.1) is 0 Å². The molecule has 35 heavy (non-hydrogen) atoms. The molecule has 0 aromatic rings. The van der Waals surface area contributed by atoms with E-state index >= 15 is 0 Å². The molecular formula is C31H47NO3. The van der Waals surface area contributed by atoms with Crippen molar-refractivity contribution in [1.29, 1.82) is 0 Å². The summed E-state index contributed by atoms with van der Waals surface area (Å²) in [4.78, 5) is 38.1. The highest BCUT2D eigenvalue weighted by molar-refractivity contribution is 6.01. The molecule has 0 radical (unpaired) electrons. The quantitative estimate of drug-likeness (QED) is 0.327. The van der Waals surface area contributed by atoms with Crippen LogP contribution in [0.25, 0.3) is 0 Å². The minimum Gasteiger partial charge on any atom is -0.350 e. The van der Waals surface area contributed by atoms with Gasteiger partial charge in [-0.1, -0.05) is 78.2 Å². The van der Waals surface area contributed by atoms with Gasteiger partial charge >= 0.3 is 0 Å². The van der Waals surface area contributed by atoms with Crippen LogP contribution in [-0.2, 0) is 14.4 Å². The Morgan fingerprint density at radius 1 is 0.971 bits per heavy atom. The van der Waals surface area contributed by atoms with E-state index in [1.807, 2.05) is 0 Å². The smallest absolute Gasteiger partial charge is 0.220 e. The van der Waals surface area contributed by atoms with E-state index < -0.39 is 0 Å². The summed E-state index contributed by atoms with van der Waals surface area (Å²) in [6.07, 6.45) is 21.9. The van der Waals surface area contributed by atoms with Crippen molar-refractivity contribution in [2.24, 2.45) is 28.6 Å². The van der Waals surface area contributed by atoms with Gasteiger partial charge in [-0.2, -0.15) is 0 Å².